The number of hydrogen-bond acceptors (Lipinski definition) is 4. The van der Waals surface area contributed by atoms with E-state index in [1.807, 2.05) is 0 Å². The van der Waals surface area contributed by atoms with Gasteiger partial charge in [0.05, 0.1) is 12.8 Å². The van der Waals surface area contributed by atoms with Crippen LogP contribution in [0.3, 0.4) is 0 Å². The summed E-state index contributed by atoms with van der Waals surface area (Å²) in [4.78, 5) is 24.8. The van der Waals surface area contributed by atoms with Gasteiger partial charge in [0.25, 0.3) is 0 Å². The highest BCUT2D eigenvalue weighted by atomic mass is 16.6. The molecule has 2 aliphatic rings. The molecule has 0 aliphatic heterocycles. The second-order valence-corrected chi connectivity index (χ2v) is 10.2. The van der Waals surface area contributed by atoms with Crippen LogP contribution in [0.5, 0.6) is 0 Å². The van der Waals surface area contributed by atoms with Crippen LogP contribution in [0, 0.1) is 35.5 Å². The molecule has 0 aromatic carbocycles. The van der Waals surface area contributed by atoms with Gasteiger partial charge < -0.3 is 9.47 Å². The maximum absolute atomic E-state index is 12.4. The van der Waals surface area contributed by atoms with Crippen LogP contribution in [0.15, 0.2) is 0 Å². The molecule has 0 saturated heterocycles. The van der Waals surface area contributed by atoms with Gasteiger partial charge in [-0.1, -0.05) is 54.4 Å². The fourth-order valence-corrected chi connectivity index (χ4v) is 5.16. The van der Waals surface area contributed by atoms with Crippen LogP contribution in [0.4, 0.5) is 0 Å². The van der Waals surface area contributed by atoms with E-state index < -0.39 is 0 Å². The predicted molar refractivity (Wildman–Crippen MR) is 112 cm³/mol. The van der Waals surface area contributed by atoms with E-state index in [4.69, 9.17) is 9.47 Å². The molecule has 0 aromatic rings. The summed E-state index contributed by atoms with van der Waals surface area (Å²) in [5, 5.41) is 0. The van der Waals surface area contributed by atoms with Crippen LogP contribution < -0.4 is 0 Å². The Balaban J connectivity index is 1.80. The van der Waals surface area contributed by atoms with Gasteiger partial charge in [-0.15, -0.1) is 0 Å². The van der Waals surface area contributed by atoms with Gasteiger partial charge >= 0.3 is 11.9 Å². The van der Waals surface area contributed by atoms with Crippen molar-refractivity contribution in [2.45, 2.75) is 105 Å². The van der Waals surface area contributed by atoms with Crippen molar-refractivity contribution in [2.24, 2.45) is 35.5 Å². The molecule has 0 radical (unpaired) electrons. The van der Waals surface area contributed by atoms with Gasteiger partial charge in [0.1, 0.15) is 12.2 Å². The van der Waals surface area contributed by atoms with Gasteiger partial charge in [-0.2, -0.15) is 0 Å². The molecule has 2 saturated carbocycles. The fourth-order valence-electron chi connectivity index (χ4n) is 5.16. The van der Waals surface area contributed by atoms with Gasteiger partial charge in [-0.3, -0.25) is 9.59 Å². The lowest BCUT2D eigenvalue weighted by Gasteiger charge is -2.37. The Morgan fingerprint density at radius 3 is 1.39 bits per heavy atom. The van der Waals surface area contributed by atoms with Crippen molar-refractivity contribution in [3.05, 3.63) is 0 Å². The second kappa shape index (κ2) is 10.6. The number of hydrogen-bond donors (Lipinski definition) is 0. The van der Waals surface area contributed by atoms with Crippen molar-refractivity contribution in [1.29, 1.82) is 0 Å². The minimum absolute atomic E-state index is 0.00298. The second-order valence-electron chi connectivity index (χ2n) is 10.2. The molecule has 0 bridgehead atoms. The average molecular weight is 395 g/mol. The molecule has 0 heterocycles. The summed E-state index contributed by atoms with van der Waals surface area (Å²) in [6.07, 6.45) is 6.79. The summed E-state index contributed by atoms with van der Waals surface area (Å²) in [6, 6.07) is 0. The summed E-state index contributed by atoms with van der Waals surface area (Å²) in [5.74, 6) is 2.58. The molecular weight excluding hydrogens is 352 g/mol. The first-order chi connectivity index (χ1) is 13.2. The number of carbonyl (C=O) groups is 2. The van der Waals surface area contributed by atoms with Gasteiger partial charge in [0.2, 0.25) is 0 Å². The summed E-state index contributed by atoms with van der Waals surface area (Å²) in [6.45, 7) is 13.3. The molecule has 0 aromatic heterocycles. The minimum atomic E-state index is -0.251. The van der Waals surface area contributed by atoms with E-state index in [2.05, 4.69) is 41.5 Å². The number of ether oxygens (including phenoxy) is 2. The van der Waals surface area contributed by atoms with Gasteiger partial charge in [0, 0.05) is 0 Å². The van der Waals surface area contributed by atoms with Crippen LogP contribution in [0.1, 0.15) is 92.9 Å². The fraction of sp³-hybridized carbons (Fsp3) is 0.917. The predicted octanol–water partition coefficient (Wildman–Crippen LogP) is 5.77. The van der Waals surface area contributed by atoms with E-state index in [-0.39, 0.29) is 37.0 Å². The van der Waals surface area contributed by atoms with Gasteiger partial charge in [-0.05, 0) is 61.2 Å². The normalized spacial score (nSPS) is 33.7. The molecule has 28 heavy (non-hydrogen) atoms. The Hall–Kier alpha value is -1.06. The van der Waals surface area contributed by atoms with Crippen LogP contribution >= 0.6 is 0 Å². The maximum atomic E-state index is 12.4. The third-order valence-electron chi connectivity index (χ3n) is 7.02. The van der Waals surface area contributed by atoms with E-state index in [0.29, 0.717) is 35.5 Å². The van der Waals surface area contributed by atoms with Crippen molar-refractivity contribution in [3.8, 4) is 0 Å². The van der Waals surface area contributed by atoms with Crippen LogP contribution in [0.25, 0.3) is 0 Å². The summed E-state index contributed by atoms with van der Waals surface area (Å²) in [5.41, 5.74) is 0. The summed E-state index contributed by atoms with van der Waals surface area (Å²) >= 11 is 0. The molecule has 0 amide bonds. The summed E-state index contributed by atoms with van der Waals surface area (Å²) < 4.78 is 11.6. The lowest BCUT2D eigenvalue weighted by atomic mass is 9.75. The van der Waals surface area contributed by atoms with Crippen molar-refractivity contribution < 1.29 is 19.1 Å². The van der Waals surface area contributed by atoms with Gasteiger partial charge in [-0.25, -0.2) is 0 Å². The highest BCUT2D eigenvalue weighted by Gasteiger charge is 2.35. The first-order valence-electron chi connectivity index (χ1n) is 11.6. The molecular formula is C24H42O4. The zero-order chi connectivity index (χ0) is 20.8. The maximum Gasteiger partial charge on any atom is 0.306 e. The Bertz CT molecular complexity index is 467. The zero-order valence-corrected chi connectivity index (χ0v) is 18.9. The van der Waals surface area contributed by atoms with Crippen LogP contribution in [0.2, 0.25) is 0 Å². The molecule has 4 heteroatoms. The smallest absolute Gasteiger partial charge is 0.306 e. The van der Waals surface area contributed by atoms with E-state index in [0.717, 1.165) is 25.7 Å². The van der Waals surface area contributed by atoms with Crippen molar-refractivity contribution in [2.75, 3.05) is 0 Å². The Morgan fingerprint density at radius 2 is 1.07 bits per heavy atom. The topological polar surface area (TPSA) is 52.6 Å². The third-order valence-corrected chi connectivity index (χ3v) is 7.02. The first-order valence-corrected chi connectivity index (χ1v) is 11.6. The monoisotopic (exact) mass is 394 g/mol. The Labute approximate surface area is 172 Å². The Kier molecular flexibility index (Phi) is 8.82. The highest BCUT2D eigenvalue weighted by Crippen LogP contribution is 2.36. The molecule has 2 fully saturated rings. The number of esters is 2. The third kappa shape index (κ3) is 6.77. The van der Waals surface area contributed by atoms with E-state index >= 15 is 0 Å². The van der Waals surface area contributed by atoms with Crippen molar-refractivity contribution in [1.82, 2.24) is 0 Å². The number of rotatable bonds is 7. The standard InChI is InChI=1S/C24H42O4/c1-15(2)19-9-7-17(5)13-21(19)27-23(25)11-12-24(26)28-22-14-18(6)8-10-20(22)16(3)4/h15-22H,7-14H2,1-6H3/t17-,18-,19-,20+,21+,22+/m1/s1. The molecule has 162 valence electrons. The molecule has 0 N–H and O–H groups in total. The number of carbonyl (C=O) groups excluding carboxylic acids is 2. The molecule has 2 rings (SSSR count). The average Bonchev–Trinajstić information content (AvgIpc) is 2.59. The lowest BCUT2D eigenvalue weighted by Crippen LogP contribution is -2.36. The minimum Gasteiger partial charge on any atom is -0.462 e. The SMILES string of the molecule is CC(C)[C@H]1CC[C@@H](C)C[C@@H]1OC(=O)CCC(=O)O[C@H]1C[C@H](C)CC[C@H]1C(C)C. The molecule has 2 aliphatic carbocycles. The van der Waals surface area contributed by atoms with Crippen LogP contribution in [-0.4, -0.2) is 24.1 Å². The first kappa shape index (κ1) is 23.2. The Morgan fingerprint density at radius 1 is 0.714 bits per heavy atom. The van der Waals surface area contributed by atoms with E-state index in [9.17, 15) is 9.59 Å². The molecule has 6 atom stereocenters. The molecule has 4 nitrogen and oxygen atoms in total. The zero-order valence-electron chi connectivity index (χ0n) is 18.9. The van der Waals surface area contributed by atoms with Crippen molar-refractivity contribution in [3.63, 3.8) is 0 Å². The summed E-state index contributed by atoms with van der Waals surface area (Å²) in [7, 11) is 0. The molecule has 0 unspecified atom stereocenters. The van der Waals surface area contributed by atoms with E-state index in [1.165, 1.54) is 12.8 Å². The van der Waals surface area contributed by atoms with Crippen LogP contribution in [-0.2, 0) is 19.1 Å². The highest BCUT2D eigenvalue weighted by molar-refractivity contribution is 5.77. The van der Waals surface area contributed by atoms with Crippen molar-refractivity contribution >= 4 is 11.9 Å². The van der Waals surface area contributed by atoms with Gasteiger partial charge in [0.15, 0.2) is 0 Å². The lowest BCUT2D eigenvalue weighted by molar-refractivity contribution is -0.163. The molecule has 0 spiro atoms. The quantitative estimate of drug-likeness (QED) is 0.514. The largest absolute Gasteiger partial charge is 0.462 e. The van der Waals surface area contributed by atoms with E-state index in [1.54, 1.807) is 0 Å².